The highest BCUT2D eigenvalue weighted by Crippen LogP contribution is 2.22. The second kappa shape index (κ2) is 5.23. The molecule has 1 aromatic rings. The lowest BCUT2D eigenvalue weighted by Gasteiger charge is -2.13. The number of anilines is 1. The summed E-state index contributed by atoms with van der Waals surface area (Å²) in [5.41, 5.74) is 0. The third-order valence-corrected chi connectivity index (χ3v) is 3.03. The zero-order chi connectivity index (χ0) is 12.3. The molecular weight excluding hydrogens is 290 g/mol. The second-order valence-corrected chi connectivity index (χ2v) is 7.57. The molecule has 1 heterocycles. The highest BCUT2D eigenvalue weighted by Gasteiger charge is 2.24. The fourth-order valence-corrected chi connectivity index (χ4v) is 2.03. The fourth-order valence-electron chi connectivity index (χ4n) is 0.982. The molecule has 0 bridgehead atoms. The molecule has 4 nitrogen and oxygen atoms in total. The third kappa shape index (κ3) is 4.17. The number of halogens is 1. The Morgan fingerprint density at radius 1 is 1.50 bits per heavy atom. The molecule has 0 saturated carbocycles. The number of hydrogen-bond donors (Lipinski definition) is 1. The molecule has 0 aliphatic rings. The van der Waals surface area contributed by atoms with Crippen molar-refractivity contribution in [1.29, 1.82) is 0 Å². The smallest absolute Gasteiger partial charge is 0.242 e. The van der Waals surface area contributed by atoms with Gasteiger partial charge in [0.1, 0.15) is 5.01 Å². The van der Waals surface area contributed by atoms with Crippen molar-refractivity contribution < 1.29 is 4.79 Å². The highest BCUT2D eigenvalue weighted by atomic mass is 79.9. The van der Waals surface area contributed by atoms with Crippen LogP contribution in [0.3, 0.4) is 0 Å². The molecule has 0 aliphatic heterocycles. The van der Waals surface area contributed by atoms with E-state index in [0.29, 0.717) is 11.0 Å². The average Bonchev–Trinajstić information content (AvgIpc) is 2.49. The van der Waals surface area contributed by atoms with E-state index in [9.17, 15) is 4.79 Å². The zero-order valence-corrected chi connectivity index (χ0v) is 12.3. The van der Waals surface area contributed by atoms with Crippen LogP contribution in [-0.2, 0) is 11.2 Å². The van der Waals surface area contributed by atoms with E-state index in [-0.39, 0.29) is 5.91 Å². The third-order valence-electron chi connectivity index (χ3n) is 1.81. The molecule has 0 spiro atoms. The largest absolute Gasteiger partial charge is 0.299 e. The van der Waals surface area contributed by atoms with Gasteiger partial charge in [-0.3, -0.25) is 10.1 Å². The van der Waals surface area contributed by atoms with E-state index >= 15 is 0 Å². The van der Waals surface area contributed by atoms with E-state index < -0.39 is 4.32 Å². The zero-order valence-electron chi connectivity index (χ0n) is 9.87. The van der Waals surface area contributed by atoms with Crippen molar-refractivity contribution in [2.24, 2.45) is 5.92 Å². The summed E-state index contributed by atoms with van der Waals surface area (Å²) in [7, 11) is 0. The molecule has 0 aromatic carbocycles. The van der Waals surface area contributed by atoms with Gasteiger partial charge >= 0.3 is 0 Å². The van der Waals surface area contributed by atoms with Gasteiger partial charge in [-0.2, -0.15) is 0 Å². The van der Waals surface area contributed by atoms with Gasteiger partial charge in [-0.05, 0) is 19.8 Å². The van der Waals surface area contributed by atoms with E-state index in [1.165, 1.54) is 11.3 Å². The van der Waals surface area contributed by atoms with E-state index in [0.717, 1.165) is 11.4 Å². The van der Waals surface area contributed by atoms with Crippen molar-refractivity contribution in [3.63, 3.8) is 0 Å². The SMILES string of the molecule is CC(C)Cc1nnc(NC(=O)C(C)(C)Br)s1. The van der Waals surface area contributed by atoms with E-state index in [4.69, 9.17) is 0 Å². The molecule has 0 aliphatic carbocycles. The summed E-state index contributed by atoms with van der Waals surface area (Å²) in [4.78, 5) is 11.6. The first-order valence-corrected chi connectivity index (χ1v) is 6.72. The van der Waals surface area contributed by atoms with Gasteiger partial charge in [0.25, 0.3) is 0 Å². The Balaban J connectivity index is 2.62. The van der Waals surface area contributed by atoms with Crippen LogP contribution >= 0.6 is 27.3 Å². The number of hydrogen-bond acceptors (Lipinski definition) is 4. The van der Waals surface area contributed by atoms with Gasteiger partial charge in [0.2, 0.25) is 11.0 Å². The summed E-state index contributed by atoms with van der Waals surface area (Å²) in [5, 5.41) is 12.2. The van der Waals surface area contributed by atoms with Gasteiger partial charge in [0.15, 0.2) is 0 Å². The first-order valence-electron chi connectivity index (χ1n) is 5.12. The van der Waals surface area contributed by atoms with Crippen LogP contribution < -0.4 is 5.32 Å². The van der Waals surface area contributed by atoms with Crippen LogP contribution in [0.1, 0.15) is 32.7 Å². The minimum atomic E-state index is -0.586. The number of carbonyl (C=O) groups is 1. The lowest BCUT2D eigenvalue weighted by molar-refractivity contribution is -0.117. The molecule has 1 aromatic heterocycles. The lowest BCUT2D eigenvalue weighted by Crippen LogP contribution is -2.30. The molecular formula is C10H16BrN3OS. The number of carbonyl (C=O) groups excluding carboxylic acids is 1. The lowest BCUT2D eigenvalue weighted by atomic mass is 10.1. The molecule has 1 N–H and O–H groups in total. The Bertz CT molecular complexity index is 370. The normalized spacial score (nSPS) is 11.9. The van der Waals surface area contributed by atoms with Crippen LogP contribution in [0, 0.1) is 5.92 Å². The maximum absolute atomic E-state index is 11.6. The Kier molecular flexibility index (Phi) is 4.43. The van der Waals surface area contributed by atoms with Crippen LogP contribution in [0.2, 0.25) is 0 Å². The van der Waals surface area contributed by atoms with Gasteiger partial charge in [-0.15, -0.1) is 10.2 Å². The predicted molar refractivity (Wildman–Crippen MR) is 70.1 cm³/mol. The van der Waals surface area contributed by atoms with Crippen LogP contribution in [-0.4, -0.2) is 20.4 Å². The first kappa shape index (κ1) is 13.6. The van der Waals surface area contributed by atoms with Crippen LogP contribution in [0.5, 0.6) is 0 Å². The Hall–Kier alpha value is -0.490. The van der Waals surface area contributed by atoms with Crippen LogP contribution in [0.15, 0.2) is 0 Å². The minimum Gasteiger partial charge on any atom is -0.299 e. The van der Waals surface area contributed by atoms with Crippen LogP contribution in [0.4, 0.5) is 5.13 Å². The van der Waals surface area contributed by atoms with Crippen molar-refractivity contribution >= 4 is 38.3 Å². The molecule has 6 heteroatoms. The van der Waals surface area contributed by atoms with Gasteiger partial charge < -0.3 is 0 Å². The van der Waals surface area contributed by atoms with E-state index in [2.05, 4.69) is 45.3 Å². The summed E-state index contributed by atoms with van der Waals surface area (Å²) >= 11 is 4.72. The number of amides is 1. The van der Waals surface area contributed by atoms with Gasteiger partial charge in [-0.25, -0.2) is 0 Å². The molecule has 0 atom stereocenters. The Labute approximate surface area is 108 Å². The fraction of sp³-hybridized carbons (Fsp3) is 0.700. The van der Waals surface area contributed by atoms with Gasteiger partial charge in [-0.1, -0.05) is 41.1 Å². The maximum atomic E-state index is 11.6. The number of nitrogens with zero attached hydrogens (tertiary/aromatic N) is 2. The summed E-state index contributed by atoms with van der Waals surface area (Å²) in [6.07, 6.45) is 0.894. The Morgan fingerprint density at radius 2 is 2.12 bits per heavy atom. The summed E-state index contributed by atoms with van der Waals surface area (Å²) in [5.74, 6) is 0.434. The first-order chi connectivity index (χ1) is 7.29. The molecule has 0 radical (unpaired) electrons. The molecule has 1 rings (SSSR count). The predicted octanol–water partition coefficient (Wildman–Crippen LogP) is 2.85. The number of rotatable bonds is 4. The van der Waals surface area contributed by atoms with Crippen molar-refractivity contribution in [3.8, 4) is 0 Å². The van der Waals surface area contributed by atoms with Crippen molar-refractivity contribution in [1.82, 2.24) is 10.2 Å². The maximum Gasteiger partial charge on any atom is 0.242 e. The quantitative estimate of drug-likeness (QED) is 0.870. The van der Waals surface area contributed by atoms with Crippen molar-refractivity contribution in [3.05, 3.63) is 5.01 Å². The van der Waals surface area contributed by atoms with E-state index in [1.54, 1.807) is 13.8 Å². The van der Waals surface area contributed by atoms with Crippen molar-refractivity contribution in [2.75, 3.05) is 5.32 Å². The number of alkyl halides is 1. The number of nitrogens with one attached hydrogen (secondary N) is 1. The van der Waals surface area contributed by atoms with Gasteiger partial charge in [0.05, 0.1) is 4.32 Å². The Morgan fingerprint density at radius 3 is 2.62 bits per heavy atom. The minimum absolute atomic E-state index is 0.111. The van der Waals surface area contributed by atoms with Gasteiger partial charge in [0, 0.05) is 6.42 Å². The van der Waals surface area contributed by atoms with Crippen LogP contribution in [0.25, 0.3) is 0 Å². The molecule has 0 saturated heterocycles. The summed E-state index contributed by atoms with van der Waals surface area (Å²) in [6, 6.07) is 0. The molecule has 1 amide bonds. The monoisotopic (exact) mass is 305 g/mol. The van der Waals surface area contributed by atoms with E-state index in [1.807, 2.05) is 0 Å². The average molecular weight is 306 g/mol. The van der Waals surface area contributed by atoms with Crippen molar-refractivity contribution in [2.45, 2.75) is 38.4 Å². The summed E-state index contributed by atoms with van der Waals surface area (Å²) in [6.45, 7) is 7.83. The molecule has 90 valence electrons. The molecule has 0 fully saturated rings. The number of aromatic nitrogens is 2. The second-order valence-electron chi connectivity index (χ2n) is 4.53. The molecule has 0 unspecified atom stereocenters. The highest BCUT2D eigenvalue weighted by molar-refractivity contribution is 9.10. The standard InChI is InChI=1S/C10H16BrN3OS/c1-6(2)5-7-13-14-9(16-7)12-8(15)10(3,4)11/h6H,5H2,1-4H3,(H,12,14,15). The topological polar surface area (TPSA) is 54.9 Å². The summed E-state index contributed by atoms with van der Waals surface area (Å²) < 4.78 is -0.586. The molecule has 16 heavy (non-hydrogen) atoms.